The van der Waals surface area contributed by atoms with Crippen LogP contribution in [0.15, 0.2) is 0 Å². The van der Waals surface area contributed by atoms with E-state index in [1.54, 1.807) is 0 Å². The summed E-state index contributed by atoms with van der Waals surface area (Å²) in [6, 6.07) is 1.34. The summed E-state index contributed by atoms with van der Waals surface area (Å²) in [7, 11) is 0. The molecule has 1 heterocycles. The highest BCUT2D eigenvalue weighted by molar-refractivity contribution is 4.81. The Kier molecular flexibility index (Phi) is 6.50. The van der Waals surface area contributed by atoms with Crippen molar-refractivity contribution in [3.05, 3.63) is 0 Å². The predicted octanol–water partition coefficient (Wildman–Crippen LogP) is 3.13. The summed E-state index contributed by atoms with van der Waals surface area (Å²) in [5.41, 5.74) is 0. The number of rotatable bonds is 6. The Hall–Kier alpha value is -0.0800. The highest BCUT2D eigenvalue weighted by Gasteiger charge is 2.23. The lowest BCUT2D eigenvalue weighted by atomic mass is 9.89. The fourth-order valence-electron chi connectivity index (χ4n) is 3.13. The van der Waals surface area contributed by atoms with Gasteiger partial charge in [0.15, 0.2) is 0 Å². The Morgan fingerprint density at radius 3 is 2.18 bits per heavy atom. The van der Waals surface area contributed by atoms with E-state index in [0.29, 0.717) is 12.1 Å². The van der Waals surface area contributed by atoms with E-state index in [4.69, 9.17) is 0 Å². The van der Waals surface area contributed by atoms with Gasteiger partial charge in [-0.1, -0.05) is 20.8 Å². The molecule has 2 unspecified atom stereocenters. The van der Waals surface area contributed by atoms with Crippen molar-refractivity contribution in [1.82, 2.24) is 10.2 Å². The normalized spacial score (nSPS) is 22.9. The zero-order chi connectivity index (χ0) is 12.8. The van der Waals surface area contributed by atoms with Gasteiger partial charge in [-0.2, -0.15) is 0 Å². The number of nitrogens with zero attached hydrogens (tertiary/aromatic N) is 1. The topological polar surface area (TPSA) is 15.3 Å². The molecule has 0 aromatic heterocycles. The molecular formula is C15H32N2. The second-order valence-corrected chi connectivity index (χ2v) is 6.26. The van der Waals surface area contributed by atoms with E-state index in [-0.39, 0.29) is 0 Å². The van der Waals surface area contributed by atoms with E-state index in [9.17, 15) is 0 Å². The monoisotopic (exact) mass is 240 g/mol. The van der Waals surface area contributed by atoms with Gasteiger partial charge in [0.05, 0.1) is 0 Å². The molecule has 0 spiro atoms. The average Bonchev–Trinajstić information content (AvgIpc) is 2.28. The van der Waals surface area contributed by atoms with Crippen molar-refractivity contribution in [2.24, 2.45) is 11.8 Å². The first-order valence-electron chi connectivity index (χ1n) is 7.51. The van der Waals surface area contributed by atoms with Crippen LogP contribution in [0.4, 0.5) is 0 Å². The molecule has 0 bridgehead atoms. The first kappa shape index (κ1) is 15.0. The Morgan fingerprint density at radius 1 is 1.12 bits per heavy atom. The van der Waals surface area contributed by atoms with E-state index in [2.05, 4.69) is 44.8 Å². The van der Waals surface area contributed by atoms with Gasteiger partial charge in [0.2, 0.25) is 0 Å². The number of likely N-dealkylation sites (tertiary alicyclic amines) is 1. The van der Waals surface area contributed by atoms with Crippen molar-refractivity contribution in [2.45, 2.75) is 66.0 Å². The predicted molar refractivity (Wildman–Crippen MR) is 76.4 cm³/mol. The maximum absolute atomic E-state index is 3.80. The van der Waals surface area contributed by atoms with Crippen LogP contribution in [0.25, 0.3) is 0 Å². The second kappa shape index (κ2) is 7.38. The zero-order valence-corrected chi connectivity index (χ0v) is 12.5. The van der Waals surface area contributed by atoms with E-state index in [1.165, 1.54) is 38.9 Å². The zero-order valence-electron chi connectivity index (χ0n) is 12.5. The van der Waals surface area contributed by atoms with Crippen LogP contribution in [0.3, 0.4) is 0 Å². The maximum Gasteiger partial charge on any atom is 0.00704 e. The molecule has 0 radical (unpaired) electrons. The van der Waals surface area contributed by atoms with Crippen LogP contribution in [0.5, 0.6) is 0 Å². The molecule has 0 aliphatic carbocycles. The molecule has 1 aliphatic rings. The van der Waals surface area contributed by atoms with Gasteiger partial charge < -0.3 is 10.2 Å². The number of piperidine rings is 1. The van der Waals surface area contributed by atoms with Crippen molar-refractivity contribution in [3.8, 4) is 0 Å². The smallest absolute Gasteiger partial charge is 0.00704 e. The minimum absolute atomic E-state index is 0.661. The molecule has 1 N–H and O–H groups in total. The van der Waals surface area contributed by atoms with Crippen molar-refractivity contribution >= 4 is 0 Å². The van der Waals surface area contributed by atoms with Gasteiger partial charge in [-0.25, -0.2) is 0 Å². The summed E-state index contributed by atoms with van der Waals surface area (Å²) in [6.45, 7) is 15.4. The molecular weight excluding hydrogens is 208 g/mol. The quantitative estimate of drug-likeness (QED) is 0.767. The molecule has 2 atom stereocenters. The molecule has 17 heavy (non-hydrogen) atoms. The number of hydrogen-bond donors (Lipinski definition) is 1. The first-order chi connectivity index (χ1) is 8.02. The van der Waals surface area contributed by atoms with E-state index in [0.717, 1.165) is 11.8 Å². The molecule has 0 aromatic rings. The van der Waals surface area contributed by atoms with Crippen molar-refractivity contribution in [3.63, 3.8) is 0 Å². The third-order valence-corrected chi connectivity index (χ3v) is 4.16. The fourth-order valence-corrected chi connectivity index (χ4v) is 3.13. The highest BCUT2D eigenvalue weighted by atomic mass is 15.1. The van der Waals surface area contributed by atoms with Gasteiger partial charge in [-0.15, -0.1) is 0 Å². The SMILES string of the molecule is CCN1CCC(C(C)NC(C)CC(C)C)CC1. The van der Waals surface area contributed by atoms with Gasteiger partial charge in [-0.3, -0.25) is 0 Å². The molecule has 1 rings (SSSR count). The molecule has 2 heteroatoms. The van der Waals surface area contributed by atoms with Gasteiger partial charge in [0.25, 0.3) is 0 Å². The van der Waals surface area contributed by atoms with Gasteiger partial charge in [0, 0.05) is 12.1 Å². The lowest BCUT2D eigenvalue weighted by molar-refractivity contribution is 0.163. The summed E-state index contributed by atoms with van der Waals surface area (Å²) >= 11 is 0. The van der Waals surface area contributed by atoms with Crippen LogP contribution in [0, 0.1) is 11.8 Å². The Balaban J connectivity index is 2.26. The number of hydrogen-bond acceptors (Lipinski definition) is 2. The van der Waals surface area contributed by atoms with Gasteiger partial charge >= 0.3 is 0 Å². The van der Waals surface area contributed by atoms with Gasteiger partial charge in [-0.05, 0) is 64.6 Å². The summed E-state index contributed by atoms with van der Waals surface area (Å²) < 4.78 is 0. The fraction of sp³-hybridized carbons (Fsp3) is 1.00. The highest BCUT2D eigenvalue weighted by Crippen LogP contribution is 2.21. The lowest BCUT2D eigenvalue weighted by Gasteiger charge is -2.36. The standard InChI is InChI=1S/C15H32N2/c1-6-17-9-7-15(8-10-17)14(5)16-13(4)11-12(2)3/h12-16H,6-11H2,1-5H3. The second-order valence-electron chi connectivity index (χ2n) is 6.26. The number of nitrogens with one attached hydrogen (secondary N) is 1. The molecule has 0 aromatic carbocycles. The average molecular weight is 240 g/mol. The summed E-state index contributed by atoms with van der Waals surface area (Å²) in [5, 5.41) is 3.80. The molecule has 102 valence electrons. The molecule has 0 amide bonds. The van der Waals surface area contributed by atoms with Crippen LogP contribution in [-0.2, 0) is 0 Å². The largest absolute Gasteiger partial charge is 0.311 e. The van der Waals surface area contributed by atoms with Crippen molar-refractivity contribution < 1.29 is 0 Å². The third kappa shape index (κ3) is 5.39. The molecule has 0 saturated carbocycles. The molecule has 1 saturated heterocycles. The maximum atomic E-state index is 3.80. The van der Waals surface area contributed by atoms with E-state index in [1.807, 2.05) is 0 Å². The molecule has 2 nitrogen and oxygen atoms in total. The summed E-state index contributed by atoms with van der Waals surface area (Å²) in [4.78, 5) is 2.57. The third-order valence-electron chi connectivity index (χ3n) is 4.16. The van der Waals surface area contributed by atoms with Crippen molar-refractivity contribution in [1.29, 1.82) is 0 Å². The summed E-state index contributed by atoms with van der Waals surface area (Å²) in [6.07, 6.45) is 4.03. The van der Waals surface area contributed by atoms with Crippen LogP contribution < -0.4 is 5.32 Å². The molecule has 1 aliphatic heterocycles. The Labute approximate surface area is 108 Å². The first-order valence-corrected chi connectivity index (χ1v) is 7.51. The van der Waals surface area contributed by atoms with Crippen LogP contribution in [0.2, 0.25) is 0 Å². The Bertz CT molecular complexity index is 195. The van der Waals surface area contributed by atoms with E-state index >= 15 is 0 Å². The van der Waals surface area contributed by atoms with Crippen LogP contribution in [-0.4, -0.2) is 36.6 Å². The van der Waals surface area contributed by atoms with Crippen LogP contribution >= 0.6 is 0 Å². The minimum atomic E-state index is 0.661. The lowest BCUT2D eigenvalue weighted by Crippen LogP contribution is -2.44. The van der Waals surface area contributed by atoms with Crippen LogP contribution in [0.1, 0.15) is 53.9 Å². The summed E-state index contributed by atoms with van der Waals surface area (Å²) in [5.74, 6) is 1.68. The van der Waals surface area contributed by atoms with Gasteiger partial charge in [0.1, 0.15) is 0 Å². The van der Waals surface area contributed by atoms with E-state index < -0.39 is 0 Å². The van der Waals surface area contributed by atoms with Crippen molar-refractivity contribution in [2.75, 3.05) is 19.6 Å². The Morgan fingerprint density at radius 2 is 1.71 bits per heavy atom. The molecule has 1 fully saturated rings. The minimum Gasteiger partial charge on any atom is -0.311 e.